The van der Waals surface area contributed by atoms with E-state index in [1.54, 1.807) is 6.07 Å². The van der Waals surface area contributed by atoms with Crippen molar-refractivity contribution in [1.82, 2.24) is 4.98 Å². The van der Waals surface area contributed by atoms with Gasteiger partial charge in [-0.15, -0.1) is 0 Å². The minimum Gasteiger partial charge on any atom is -0.493 e. The highest BCUT2D eigenvalue weighted by molar-refractivity contribution is 7.99. The molecule has 104 valence electrons. The lowest BCUT2D eigenvalue weighted by Crippen LogP contribution is -2.15. The van der Waals surface area contributed by atoms with E-state index in [0.717, 1.165) is 4.90 Å². The van der Waals surface area contributed by atoms with Gasteiger partial charge in [0.05, 0.1) is 7.11 Å². The molecule has 0 radical (unpaired) electrons. The van der Waals surface area contributed by atoms with Crippen molar-refractivity contribution >= 4 is 17.7 Å². The number of pyridine rings is 1. The van der Waals surface area contributed by atoms with Crippen LogP contribution in [0.5, 0.6) is 11.5 Å². The van der Waals surface area contributed by atoms with Gasteiger partial charge in [0.2, 0.25) is 0 Å². The predicted molar refractivity (Wildman–Crippen MR) is 77.1 cm³/mol. The van der Waals surface area contributed by atoms with Crippen LogP contribution in [0.1, 0.15) is 10.5 Å². The van der Waals surface area contributed by atoms with Crippen LogP contribution in [0.25, 0.3) is 0 Å². The Hall–Kier alpha value is -2.21. The number of rotatable bonds is 6. The van der Waals surface area contributed by atoms with Crippen LogP contribution in [0.4, 0.5) is 0 Å². The number of carbonyl (C=O) groups is 1. The third-order valence-corrected chi connectivity index (χ3v) is 3.33. The average molecular weight is 290 g/mol. The molecule has 2 N–H and O–H groups in total. The van der Waals surface area contributed by atoms with Crippen molar-refractivity contribution in [3.63, 3.8) is 0 Å². The third kappa shape index (κ3) is 3.42. The summed E-state index contributed by atoms with van der Waals surface area (Å²) in [5.41, 5.74) is 5.34. The number of hydrogen-bond donors (Lipinski definition) is 1. The number of ether oxygens (including phenoxy) is 2. The first-order chi connectivity index (χ1) is 9.72. The van der Waals surface area contributed by atoms with Gasteiger partial charge in [0.1, 0.15) is 5.94 Å². The van der Waals surface area contributed by atoms with Gasteiger partial charge in [0, 0.05) is 17.2 Å². The molecule has 6 heteroatoms. The van der Waals surface area contributed by atoms with Gasteiger partial charge < -0.3 is 15.2 Å². The van der Waals surface area contributed by atoms with Crippen LogP contribution < -0.4 is 15.2 Å². The first kappa shape index (κ1) is 14.2. The lowest BCUT2D eigenvalue weighted by atomic mass is 10.3. The SMILES string of the molecule is COc1ccnc(C(N)=O)c1OCSc1ccccc1. The maximum Gasteiger partial charge on any atom is 0.271 e. The summed E-state index contributed by atoms with van der Waals surface area (Å²) in [6.07, 6.45) is 1.45. The maximum atomic E-state index is 11.3. The van der Waals surface area contributed by atoms with Crippen LogP contribution in [0, 0.1) is 0 Å². The Balaban J connectivity index is 2.10. The van der Waals surface area contributed by atoms with Gasteiger partial charge in [-0.25, -0.2) is 4.98 Å². The first-order valence-corrected chi connectivity index (χ1v) is 6.84. The number of nitrogens with two attached hydrogens (primary N) is 1. The van der Waals surface area contributed by atoms with Crippen LogP contribution in [0.2, 0.25) is 0 Å². The predicted octanol–water partition coefficient (Wildman–Crippen LogP) is 2.32. The second-order valence-corrected chi connectivity index (χ2v) is 4.77. The van der Waals surface area contributed by atoms with Crippen molar-refractivity contribution in [3.05, 3.63) is 48.3 Å². The molecular weight excluding hydrogens is 276 g/mol. The quantitative estimate of drug-likeness (QED) is 0.653. The minimum atomic E-state index is -0.649. The Labute approximate surface area is 121 Å². The minimum absolute atomic E-state index is 0.0676. The Bertz CT molecular complexity index is 590. The van der Waals surface area contributed by atoms with Crippen molar-refractivity contribution in [3.8, 4) is 11.5 Å². The van der Waals surface area contributed by atoms with Crippen molar-refractivity contribution < 1.29 is 14.3 Å². The molecule has 1 aromatic heterocycles. The largest absolute Gasteiger partial charge is 0.493 e. The van der Waals surface area contributed by atoms with E-state index in [4.69, 9.17) is 15.2 Å². The highest BCUT2D eigenvalue weighted by Gasteiger charge is 2.16. The van der Waals surface area contributed by atoms with Gasteiger partial charge in [-0.2, -0.15) is 0 Å². The summed E-state index contributed by atoms with van der Waals surface area (Å²) < 4.78 is 10.8. The van der Waals surface area contributed by atoms with Crippen molar-refractivity contribution in [2.45, 2.75) is 4.90 Å². The third-order valence-electron chi connectivity index (χ3n) is 2.49. The molecule has 1 heterocycles. The molecule has 20 heavy (non-hydrogen) atoms. The van der Waals surface area contributed by atoms with E-state index in [0.29, 0.717) is 11.7 Å². The number of carbonyl (C=O) groups excluding carboxylic acids is 1. The molecular formula is C14H14N2O3S. The summed E-state index contributed by atoms with van der Waals surface area (Å²) in [4.78, 5) is 16.3. The normalized spacial score (nSPS) is 10.1. The van der Waals surface area contributed by atoms with Crippen LogP contribution in [0.3, 0.4) is 0 Å². The van der Waals surface area contributed by atoms with Gasteiger partial charge in [0.25, 0.3) is 5.91 Å². The van der Waals surface area contributed by atoms with Gasteiger partial charge in [0.15, 0.2) is 17.2 Å². The topological polar surface area (TPSA) is 74.4 Å². The summed E-state index contributed by atoms with van der Waals surface area (Å²) in [6, 6.07) is 11.4. The lowest BCUT2D eigenvalue weighted by molar-refractivity contribution is 0.0991. The van der Waals surface area contributed by atoms with Crippen LogP contribution in [-0.2, 0) is 0 Å². The molecule has 5 nitrogen and oxygen atoms in total. The molecule has 0 atom stereocenters. The van der Waals surface area contributed by atoms with Gasteiger partial charge in [-0.3, -0.25) is 4.79 Å². The average Bonchev–Trinajstić information content (AvgIpc) is 2.48. The number of hydrogen-bond acceptors (Lipinski definition) is 5. The second-order valence-electron chi connectivity index (χ2n) is 3.77. The fraction of sp³-hybridized carbons (Fsp3) is 0.143. The molecule has 0 aliphatic rings. The fourth-order valence-electron chi connectivity index (χ4n) is 1.58. The number of nitrogens with zero attached hydrogens (tertiary/aromatic N) is 1. The summed E-state index contributed by atoms with van der Waals surface area (Å²) in [5, 5.41) is 0. The van der Waals surface area contributed by atoms with E-state index >= 15 is 0 Å². The number of amides is 1. The molecule has 0 aliphatic heterocycles. The number of benzene rings is 1. The van der Waals surface area contributed by atoms with E-state index in [2.05, 4.69) is 4.98 Å². The molecule has 2 rings (SSSR count). The van der Waals surface area contributed by atoms with Crippen LogP contribution in [0.15, 0.2) is 47.5 Å². The Morgan fingerprint density at radius 2 is 2.05 bits per heavy atom. The molecule has 0 spiro atoms. The highest BCUT2D eigenvalue weighted by atomic mass is 32.2. The van der Waals surface area contributed by atoms with Crippen LogP contribution >= 0.6 is 11.8 Å². The molecule has 0 unspecified atom stereocenters. The van der Waals surface area contributed by atoms with E-state index < -0.39 is 5.91 Å². The first-order valence-electron chi connectivity index (χ1n) is 5.86. The standard InChI is InChI=1S/C14H14N2O3S/c1-18-11-7-8-16-12(14(15)17)13(11)19-9-20-10-5-3-2-4-6-10/h2-8H,9H2,1H3,(H2,15,17). The molecule has 0 saturated carbocycles. The zero-order chi connectivity index (χ0) is 14.4. The fourth-order valence-corrected chi connectivity index (χ4v) is 2.24. The Kier molecular flexibility index (Phi) is 4.84. The van der Waals surface area contributed by atoms with E-state index in [-0.39, 0.29) is 11.4 Å². The van der Waals surface area contributed by atoms with Crippen molar-refractivity contribution in [2.24, 2.45) is 5.73 Å². The maximum absolute atomic E-state index is 11.3. The molecule has 0 bridgehead atoms. The summed E-state index contributed by atoms with van der Waals surface area (Å²) in [5.74, 6) is 0.379. The van der Waals surface area contributed by atoms with E-state index in [9.17, 15) is 4.79 Å². The number of aromatic nitrogens is 1. The highest BCUT2D eigenvalue weighted by Crippen LogP contribution is 2.30. The molecule has 1 aromatic carbocycles. The number of thioether (sulfide) groups is 1. The molecule has 1 amide bonds. The van der Waals surface area contributed by atoms with Crippen LogP contribution in [-0.4, -0.2) is 23.9 Å². The van der Waals surface area contributed by atoms with Gasteiger partial charge >= 0.3 is 0 Å². The molecule has 0 fully saturated rings. The van der Waals surface area contributed by atoms with E-state index in [1.807, 2.05) is 30.3 Å². The second kappa shape index (κ2) is 6.81. The Morgan fingerprint density at radius 3 is 2.70 bits per heavy atom. The lowest BCUT2D eigenvalue weighted by Gasteiger charge is -2.12. The Morgan fingerprint density at radius 1 is 1.30 bits per heavy atom. The monoisotopic (exact) mass is 290 g/mol. The zero-order valence-electron chi connectivity index (χ0n) is 10.9. The van der Waals surface area contributed by atoms with Gasteiger partial charge in [-0.05, 0) is 12.1 Å². The molecule has 0 saturated heterocycles. The van der Waals surface area contributed by atoms with E-state index in [1.165, 1.54) is 25.1 Å². The summed E-state index contributed by atoms with van der Waals surface area (Å²) >= 11 is 1.50. The zero-order valence-corrected chi connectivity index (χ0v) is 11.7. The van der Waals surface area contributed by atoms with Gasteiger partial charge in [-0.1, -0.05) is 30.0 Å². The molecule has 0 aliphatic carbocycles. The number of methoxy groups -OCH3 is 1. The summed E-state index contributed by atoms with van der Waals surface area (Å²) in [7, 11) is 1.50. The van der Waals surface area contributed by atoms with Crippen molar-refractivity contribution in [1.29, 1.82) is 0 Å². The summed E-state index contributed by atoms with van der Waals surface area (Å²) in [6.45, 7) is 0. The number of primary amides is 1. The van der Waals surface area contributed by atoms with Crippen molar-refractivity contribution in [2.75, 3.05) is 13.0 Å². The smallest absolute Gasteiger partial charge is 0.271 e. The molecule has 2 aromatic rings.